The van der Waals surface area contributed by atoms with Crippen LogP contribution in [0.1, 0.15) is 31.7 Å². The van der Waals surface area contributed by atoms with Crippen LogP contribution in [0.5, 0.6) is 11.5 Å². The molecule has 0 amide bonds. The van der Waals surface area contributed by atoms with Crippen molar-refractivity contribution < 1.29 is 9.47 Å². The third-order valence-electron chi connectivity index (χ3n) is 6.71. The van der Waals surface area contributed by atoms with E-state index in [-0.39, 0.29) is 0 Å². The number of hydrazone groups is 1. The molecule has 1 saturated heterocycles. The van der Waals surface area contributed by atoms with Crippen molar-refractivity contribution in [3.63, 3.8) is 0 Å². The molecule has 3 aliphatic heterocycles. The Morgan fingerprint density at radius 2 is 2.17 bits per heavy atom. The molecular weight excluding hydrogens is 454 g/mol. The first-order valence-corrected chi connectivity index (χ1v) is 12.4. The highest BCUT2D eigenvalue weighted by molar-refractivity contribution is 5.90. The molecule has 1 N–H and O–H groups in total. The van der Waals surface area contributed by atoms with Gasteiger partial charge < -0.3 is 19.7 Å². The molecule has 0 bridgehead atoms. The number of nitrogens with one attached hydrogen (secondary N) is 1. The molecule has 3 aromatic rings. The van der Waals surface area contributed by atoms with E-state index in [0.29, 0.717) is 25.0 Å². The monoisotopic (exact) mass is 483 g/mol. The van der Waals surface area contributed by atoms with Crippen LogP contribution in [-0.4, -0.2) is 51.9 Å². The minimum atomic E-state index is 0.393. The molecule has 0 aliphatic carbocycles. The van der Waals surface area contributed by atoms with Crippen molar-refractivity contribution >= 4 is 34.6 Å². The van der Waals surface area contributed by atoms with E-state index in [1.807, 2.05) is 61.5 Å². The first-order valence-electron chi connectivity index (χ1n) is 12.4. The van der Waals surface area contributed by atoms with E-state index in [0.717, 1.165) is 58.3 Å². The van der Waals surface area contributed by atoms with E-state index in [1.54, 1.807) is 12.5 Å². The van der Waals surface area contributed by atoms with Gasteiger partial charge >= 0.3 is 0 Å². The Hall–Kier alpha value is -4.14. The number of anilines is 3. The van der Waals surface area contributed by atoms with E-state index in [9.17, 15) is 0 Å². The summed E-state index contributed by atoms with van der Waals surface area (Å²) in [4.78, 5) is 16.3. The second-order valence-corrected chi connectivity index (χ2v) is 9.18. The van der Waals surface area contributed by atoms with Crippen LogP contribution in [-0.2, 0) is 0 Å². The molecule has 9 heteroatoms. The van der Waals surface area contributed by atoms with Crippen LogP contribution in [0.2, 0.25) is 0 Å². The number of benzene rings is 1. The van der Waals surface area contributed by atoms with Crippen molar-refractivity contribution in [3.8, 4) is 11.5 Å². The minimum absolute atomic E-state index is 0.393. The fourth-order valence-electron chi connectivity index (χ4n) is 4.89. The van der Waals surface area contributed by atoms with Crippen molar-refractivity contribution in [3.05, 3.63) is 60.3 Å². The zero-order valence-electron chi connectivity index (χ0n) is 20.5. The van der Waals surface area contributed by atoms with Crippen LogP contribution in [0.25, 0.3) is 11.0 Å². The quantitative estimate of drug-likeness (QED) is 0.512. The summed E-state index contributed by atoms with van der Waals surface area (Å²) in [5.74, 6) is 3.98. The molecule has 36 heavy (non-hydrogen) atoms. The summed E-state index contributed by atoms with van der Waals surface area (Å²) in [6.07, 6.45) is 12.7. The molecule has 9 nitrogen and oxygen atoms in total. The Kier molecular flexibility index (Phi) is 5.88. The van der Waals surface area contributed by atoms with Gasteiger partial charge in [-0.25, -0.2) is 15.0 Å². The molecule has 0 radical (unpaired) electrons. The van der Waals surface area contributed by atoms with E-state index >= 15 is 0 Å². The summed E-state index contributed by atoms with van der Waals surface area (Å²) < 4.78 is 12.2. The number of pyridine rings is 1. The van der Waals surface area contributed by atoms with Crippen LogP contribution >= 0.6 is 0 Å². The molecule has 1 fully saturated rings. The van der Waals surface area contributed by atoms with Gasteiger partial charge in [-0.1, -0.05) is 0 Å². The van der Waals surface area contributed by atoms with Gasteiger partial charge in [-0.05, 0) is 69.0 Å². The van der Waals surface area contributed by atoms with Gasteiger partial charge in [0.25, 0.3) is 0 Å². The summed E-state index contributed by atoms with van der Waals surface area (Å²) in [6, 6.07) is 8.37. The van der Waals surface area contributed by atoms with Gasteiger partial charge in [-0.15, -0.1) is 0 Å². The van der Waals surface area contributed by atoms with Gasteiger partial charge in [-0.3, -0.25) is 5.01 Å². The fraction of sp³-hybridized carbons (Fsp3) is 0.333. The number of fused-ring (bicyclic) bond motifs is 4. The number of hydrogen-bond acceptors (Lipinski definition) is 9. The second kappa shape index (κ2) is 9.49. The fourth-order valence-corrected chi connectivity index (χ4v) is 4.89. The van der Waals surface area contributed by atoms with Crippen LogP contribution in [0.4, 0.5) is 17.3 Å². The normalized spacial score (nSPS) is 19.1. The van der Waals surface area contributed by atoms with Gasteiger partial charge in [0.05, 0.1) is 18.1 Å². The van der Waals surface area contributed by atoms with Gasteiger partial charge in [-0.2, -0.15) is 5.10 Å². The predicted molar refractivity (Wildman–Crippen MR) is 141 cm³/mol. The molecule has 1 unspecified atom stereocenters. The van der Waals surface area contributed by atoms with E-state index in [2.05, 4.69) is 25.3 Å². The number of aryl methyl sites for hydroxylation is 1. The van der Waals surface area contributed by atoms with Gasteiger partial charge in [0.2, 0.25) is 0 Å². The molecule has 6 rings (SSSR count). The maximum Gasteiger partial charge on any atom is 0.172 e. The average Bonchev–Trinajstić information content (AvgIpc) is 2.90. The maximum absolute atomic E-state index is 6.11. The van der Waals surface area contributed by atoms with Gasteiger partial charge in [0.15, 0.2) is 17.4 Å². The number of hydrogen-bond donors (Lipinski definition) is 1. The minimum Gasteiger partial charge on any atom is -0.487 e. The molecule has 184 valence electrons. The molecule has 5 heterocycles. The van der Waals surface area contributed by atoms with Gasteiger partial charge in [0, 0.05) is 30.7 Å². The molecule has 3 aliphatic rings. The number of ether oxygens (including phenoxy) is 2. The Labute approximate surface area is 210 Å². The van der Waals surface area contributed by atoms with E-state index in [1.165, 1.54) is 12.8 Å². The first-order chi connectivity index (χ1) is 17.7. The standard InChI is InChI=1S/C27H29N7O2/c1-3-30-33-12-9-21(10-13-33)36-23-8-7-19(14-18(23)2)31-26-25-22(28-17-29-26)15-24-27(32-25)34-11-5-4-6-20(34)16-35-24/h3,7-10,12,14-15,17,20H,4-6,11,13,16H2,1-2H3,(H,28,29,31)/b30-3-. The molecule has 1 atom stereocenters. The van der Waals surface area contributed by atoms with Crippen LogP contribution in [0, 0.1) is 6.92 Å². The number of piperidine rings is 1. The number of nitrogens with zero attached hydrogens (tertiary/aromatic N) is 6. The average molecular weight is 484 g/mol. The third-order valence-corrected chi connectivity index (χ3v) is 6.71. The smallest absolute Gasteiger partial charge is 0.172 e. The summed E-state index contributed by atoms with van der Waals surface area (Å²) >= 11 is 0. The molecule has 1 aromatic carbocycles. The predicted octanol–water partition coefficient (Wildman–Crippen LogP) is 4.93. The first kappa shape index (κ1) is 22.3. The highest BCUT2D eigenvalue weighted by atomic mass is 16.5. The zero-order valence-corrected chi connectivity index (χ0v) is 20.5. The highest BCUT2D eigenvalue weighted by Gasteiger charge is 2.31. The van der Waals surface area contributed by atoms with Crippen LogP contribution in [0.3, 0.4) is 0 Å². The van der Waals surface area contributed by atoms with Crippen LogP contribution < -0.4 is 19.7 Å². The van der Waals surface area contributed by atoms with Crippen molar-refractivity contribution in [1.29, 1.82) is 0 Å². The SMILES string of the molecule is C/C=N\N1C=CC(Oc2ccc(Nc3ncnc4cc5c(nc34)N3CCCCC3CO5)cc2C)=CC1. The lowest BCUT2D eigenvalue weighted by molar-refractivity contribution is 0.238. The Morgan fingerprint density at radius 3 is 3.00 bits per heavy atom. The maximum atomic E-state index is 6.11. The number of aromatic nitrogens is 3. The summed E-state index contributed by atoms with van der Waals surface area (Å²) in [7, 11) is 0. The Bertz CT molecular complexity index is 1380. The second-order valence-electron chi connectivity index (χ2n) is 9.18. The topological polar surface area (TPSA) is 88.0 Å². The zero-order chi connectivity index (χ0) is 24.5. The lowest BCUT2D eigenvalue weighted by atomic mass is 10.0. The van der Waals surface area contributed by atoms with Crippen molar-refractivity contribution in [2.45, 2.75) is 39.2 Å². The summed E-state index contributed by atoms with van der Waals surface area (Å²) in [5.41, 5.74) is 3.41. The lowest BCUT2D eigenvalue weighted by Crippen LogP contribution is -2.46. The highest BCUT2D eigenvalue weighted by Crippen LogP contribution is 2.38. The number of rotatable bonds is 5. The Morgan fingerprint density at radius 1 is 1.22 bits per heavy atom. The number of allylic oxidation sites excluding steroid dienone is 1. The van der Waals surface area contributed by atoms with E-state index < -0.39 is 0 Å². The third kappa shape index (κ3) is 4.32. The Balaban J connectivity index is 1.24. The van der Waals surface area contributed by atoms with Gasteiger partial charge in [0.1, 0.15) is 30.0 Å². The summed E-state index contributed by atoms with van der Waals surface area (Å²) in [6.45, 7) is 6.32. The van der Waals surface area contributed by atoms with Crippen molar-refractivity contribution in [1.82, 2.24) is 20.0 Å². The van der Waals surface area contributed by atoms with Crippen molar-refractivity contribution in [2.75, 3.05) is 29.9 Å². The lowest BCUT2D eigenvalue weighted by Gasteiger charge is -2.40. The molecule has 2 aromatic heterocycles. The van der Waals surface area contributed by atoms with Crippen LogP contribution in [0.15, 0.2) is 59.8 Å². The molecule has 0 saturated carbocycles. The van der Waals surface area contributed by atoms with Crippen molar-refractivity contribution in [2.24, 2.45) is 5.10 Å². The molecule has 0 spiro atoms. The largest absolute Gasteiger partial charge is 0.487 e. The van der Waals surface area contributed by atoms with E-state index in [4.69, 9.17) is 14.5 Å². The molecular formula is C27H29N7O2. The summed E-state index contributed by atoms with van der Waals surface area (Å²) in [5, 5.41) is 9.53.